The Kier molecular flexibility index (Phi) is 10.7. The highest BCUT2D eigenvalue weighted by Gasteiger charge is 2.33. The second kappa shape index (κ2) is 14.9. The summed E-state index contributed by atoms with van der Waals surface area (Å²) in [6.07, 6.45) is 0.311. The van der Waals surface area contributed by atoms with Crippen LogP contribution in [0.2, 0.25) is 0 Å². The Morgan fingerprint density at radius 3 is 2.43 bits per heavy atom. The van der Waals surface area contributed by atoms with Gasteiger partial charge in [-0.1, -0.05) is 36.9 Å². The number of nitrogens with one attached hydrogen (secondary N) is 3. The Balaban J connectivity index is 1.37. The number of benzene rings is 2. The van der Waals surface area contributed by atoms with Gasteiger partial charge in [-0.25, -0.2) is 9.78 Å². The van der Waals surface area contributed by atoms with E-state index < -0.39 is 11.7 Å². The minimum Gasteiger partial charge on any atom is -0.367 e. The largest absolute Gasteiger partial charge is 0.417 e. The van der Waals surface area contributed by atoms with Crippen LogP contribution in [0.3, 0.4) is 0 Å². The van der Waals surface area contributed by atoms with E-state index in [4.69, 9.17) is 0 Å². The first kappa shape index (κ1) is 33.8. The van der Waals surface area contributed by atoms with Crippen LogP contribution in [0.25, 0.3) is 0 Å². The molecule has 1 unspecified atom stereocenters. The van der Waals surface area contributed by atoms with Crippen molar-refractivity contribution in [2.24, 2.45) is 0 Å². The van der Waals surface area contributed by atoms with Gasteiger partial charge < -0.3 is 25.8 Å². The molecule has 9 nitrogen and oxygen atoms in total. The Bertz CT molecular complexity index is 1530. The fourth-order valence-corrected chi connectivity index (χ4v) is 6.19. The molecule has 0 bridgehead atoms. The lowest BCUT2D eigenvalue weighted by molar-refractivity contribution is -0.137. The van der Waals surface area contributed by atoms with E-state index in [2.05, 4.69) is 51.3 Å². The molecule has 3 amide bonds. The van der Waals surface area contributed by atoms with Crippen molar-refractivity contribution in [1.29, 1.82) is 0 Å². The molecule has 1 aromatic heterocycles. The van der Waals surface area contributed by atoms with Crippen LogP contribution in [0.1, 0.15) is 43.7 Å². The molecule has 2 heterocycles. The monoisotopic (exact) mass is 649 g/mol. The van der Waals surface area contributed by atoms with Crippen molar-refractivity contribution in [3.8, 4) is 0 Å². The van der Waals surface area contributed by atoms with Crippen molar-refractivity contribution in [3.63, 3.8) is 0 Å². The van der Waals surface area contributed by atoms with Crippen molar-refractivity contribution in [1.82, 2.24) is 15.2 Å². The van der Waals surface area contributed by atoms with Gasteiger partial charge in [-0.15, -0.1) is 0 Å². The van der Waals surface area contributed by atoms with Gasteiger partial charge in [0.1, 0.15) is 5.82 Å². The zero-order chi connectivity index (χ0) is 33.6. The number of urea groups is 1. The molecular weight excluding hydrogens is 607 g/mol. The average Bonchev–Trinajstić information content (AvgIpc) is 3.06. The smallest absolute Gasteiger partial charge is 0.367 e. The molecule has 5 rings (SSSR count). The molecule has 47 heavy (non-hydrogen) atoms. The summed E-state index contributed by atoms with van der Waals surface area (Å²) in [5.74, 6) is 0.0458. The van der Waals surface area contributed by atoms with E-state index in [1.165, 1.54) is 12.1 Å². The van der Waals surface area contributed by atoms with Gasteiger partial charge in [0.25, 0.3) is 0 Å². The number of carbonyl (C=O) groups is 2. The summed E-state index contributed by atoms with van der Waals surface area (Å²) >= 11 is 0. The second-order valence-electron chi connectivity index (χ2n) is 12.3. The van der Waals surface area contributed by atoms with Crippen LogP contribution in [-0.2, 0) is 17.5 Å². The van der Waals surface area contributed by atoms with Crippen LogP contribution in [0.15, 0.2) is 79.5 Å². The molecule has 12 heteroatoms. The first-order valence-corrected chi connectivity index (χ1v) is 15.9. The minimum atomic E-state index is -4.44. The molecule has 0 radical (unpaired) electrons. The fourth-order valence-electron chi connectivity index (χ4n) is 6.19. The number of hydrogen-bond donors (Lipinski definition) is 3. The van der Waals surface area contributed by atoms with Crippen LogP contribution >= 0.6 is 0 Å². The molecule has 1 aliphatic heterocycles. The molecule has 250 valence electrons. The van der Waals surface area contributed by atoms with Crippen molar-refractivity contribution < 1.29 is 22.8 Å². The molecule has 2 fully saturated rings. The molecule has 2 aromatic carbocycles. The zero-order valence-corrected chi connectivity index (χ0v) is 26.8. The van der Waals surface area contributed by atoms with Crippen LogP contribution in [0.5, 0.6) is 0 Å². The lowest BCUT2D eigenvalue weighted by Crippen LogP contribution is -2.50. The summed E-state index contributed by atoms with van der Waals surface area (Å²) in [5.41, 5.74) is 2.32. The number of piperazine rings is 1. The van der Waals surface area contributed by atoms with Crippen LogP contribution in [0.4, 0.5) is 40.8 Å². The number of aromatic nitrogens is 1. The third kappa shape index (κ3) is 8.62. The highest BCUT2D eigenvalue weighted by Crippen LogP contribution is 2.36. The lowest BCUT2D eigenvalue weighted by Gasteiger charge is -2.40. The van der Waals surface area contributed by atoms with Crippen LogP contribution in [0, 0.1) is 0 Å². The van der Waals surface area contributed by atoms with Gasteiger partial charge >= 0.3 is 12.2 Å². The van der Waals surface area contributed by atoms with E-state index in [-0.39, 0.29) is 24.0 Å². The summed E-state index contributed by atoms with van der Waals surface area (Å²) in [6, 6.07) is 17.7. The van der Waals surface area contributed by atoms with Gasteiger partial charge in [0.05, 0.1) is 16.9 Å². The standard InChI is InChI=1S/C35H42F3N7O2/c1-4-33(46)42-30-20-29(15-16-31(30)44-19-18-43(3)24(2)23-44)45(34(47)40-21-25-8-6-5-7-9-25)28-13-11-27(12-14-28)41-32-17-10-26(22-39-32)35(36,37)38/h4-10,15-17,20,22,24,27-28H,1,11-14,18-19,21,23H2,2-3H3,(H,39,41)(H,40,47)(H,42,46). The number of nitrogens with zero attached hydrogens (tertiary/aromatic N) is 4. The van der Waals surface area contributed by atoms with E-state index >= 15 is 0 Å². The number of halogens is 3. The van der Waals surface area contributed by atoms with E-state index in [0.717, 1.165) is 43.1 Å². The Labute approximate surface area is 273 Å². The number of anilines is 4. The van der Waals surface area contributed by atoms with E-state index in [1.807, 2.05) is 48.5 Å². The molecule has 3 N–H and O–H groups in total. The van der Waals surface area contributed by atoms with Crippen molar-refractivity contribution in [2.45, 2.75) is 63.5 Å². The molecular formula is C35H42F3N7O2. The first-order valence-electron chi connectivity index (χ1n) is 15.9. The summed E-state index contributed by atoms with van der Waals surface area (Å²) < 4.78 is 38.9. The van der Waals surface area contributed by atoms with Gasteiger partial charge in [-0.05, 0) is 81.6 Å². The van der Waals surface area contributed by atoms with Crippen LogP contribution in [-0.4, -0.2) is 66.6 Å². The molecule has 1 saturated carbocycles. The third-order valence-corrected chi connectivity index (χ3v) is 9.01. The number of carbonyl (C=O) groups excluding carboxylic acids is 2. The maximum absolute atomic E-state index is 13.9. The van der Waals surface area contributed by atoms with E-state index in [0.29, 0.717) is 55.5 Å². The Hall–Kier alpha value is -4.58. The molecule has 1 aliphatic carbocycles. The van der Waals surface area contributed by atoms with Gasteiger partial charge in [0.2, 0.25) is 5.91 Å². The van der Waals surface area contributed by atoms with Gasteiger partial charge in [-0.3, -0.25) is 9.69 Å². The summed E-state index contributed by atoms with van der Waals surface area (Å²) in [6.45, 7) is 8.60. The zero-order valence-electron chi connectivity index (χ0n) is 26.8. The molecule has 2 aliphatic rings. The van der Waals surface area contributed by atoms with E-state index in [1.54, 1.807) is 4.90 Å². The molecule has 1 atom stereocenters. The van der Waals surface area contributed by atoms with Gasteiger partial charge in [0.15, 0.2) is 0 Å². The predicted molar refractivity (Wildman–Crippen MR) is 180 cm³/mol. The average molecular weight is 650 g/mol. The lowest BCUT2D eigenvalue weighted by atomic mass is 9.89. The fraction of sp³-hybridized carbons (Fsp3) is 0.400. The third-order valence-electron chi connectivity index (χ3n) is 9.01. The number of amides is 3. The minimum absolute atomic E-state index is 0.00578. The van der Waals surface area contributed by atoms with Gasteiger partial charge in [-0.2, -0.15) is 13.2 Å². The maximum atomic E-state index is 13.9. The SMILES string of the molecule is C=CC(=O)Nc1cc(N(C(=O)NCc2ccccc2)C2CCC(Nc3ccc(C(F)(F)F)cn3)CC2)ccc1N1CCN(C)C(C)C1. The van der Waals surface area contributed by atoms with Crippen molar-refractivity contribution in [2.75, 3.05) is 47.1 Å². The molecule has 1 saturated heterocycles. The number of pyridine rings is 1. The second-order valence-corrected chi connectivity index (χ2v) is 12.3. The van der Waals surface area contributed by atoms with Crippen LogP contribution < -0.4 is 25.8 Å². The van der Waals surface area contributed by atoms with E-state index in [9.17, 15) is 22.8 Å². The topological polar surface area (TPSA) is 92.8 Å². The quantitative estimate of drug-likeness (QED) is 0.229. The van der Waals surface area contributed by atoms with Crippen molar-refractivity contribution >= 4 is 34.8 Å². The number of likely N-dealkylation sites (N-methyl/N-ethyl adjacent to an activating group) is 1. The maximum Gasteiger partial charge on any atom is 0.417 e. The summed E-state index contributed by atoms with van der Waals surface area (Å²) in [5, 5.41) is 9.30. The summed E-state index contributed by atoms with van der Waals surface area (Å²) in [7, 11) is 2.10. The normalized spacial score (nSPS) is 20.3. The molecule has 3 aromatic rings. The summed E-state index contributed by atoms with van der Waals surface area (Å²) in [4.78, 5) is 36.8. The number of rotatable bonds is 9. The van der Waals surface area contributed by atoms with Crippen molar-refractivity contribution in [3.05, 3.63) is 90.6 Å². The number of hydrogen-bond acceptors (Lipinski definition) is 6. The van der Waals surface area contributed by atoms with Gasteiger partial charge in [0, 0.05) is 56.2 Å². The predicted octanol–water partition coefficient (Wildman–Crippen LogP) is 6.50. The highest BCUT2D eigenvalue weighted by atomic mass is 19.4. The Morgan fingerprint density at radius 1 is 1.04 bits per heavy atom. The Morgan fingerprint density at radius 2 is 1.79 bits per heavy atom. The first-order chi connectivity index (χ1) is 22.5. The molecule has 0 spiro atoms. The highest BCUT2D eigenvalue weighted by molar-refractivity contribution is 6.02. The number of alkyl halides is 3.